The number of amides is 2. The lowest BCUT2D eigenvalue weighted by Gasteiger charge is -2.17. The summed E-state index contributed by atoms with van der Waals surface area (Å²) in [5.41, 5.74) is 2.59. The molecule has 2 N–H and O–H groups in total. The summed E-state index contributed by atoms with van der Waals surface area (Å²) in [4.78, 5) is 34.8. The summed E-state index contributed by atoms with van der Waals surface area (Å²) in [6.45, 7) is 0. The third kappa shape index (κ3) is 4.49. The second-order valence-corrected chi connectivity index (χ2v) is 8.48. The van der Waals surface area contributed by atoms with Gasteiger partial charge in [0.25, 0.3) is 5.91 Å². The van der Waals surface area contributed by atoms with Gasteiger partial charge in [-0.1, -0.05) is 54.2 Å². The molecule has 2 amide bonds. The van der Waals surface area contributed by atoms with Gasteiger partial charge in [-0.05, 0) is 47.9 Å². The first kappa shape index (κ1) is 21.7. The number of hydrogen-bond donors (Lipinski definition) is 2. The maximum atomic E-state index is 14.1. The molecule has 0 spiro atoms. The summed E-state index contributed by atoms with van der Waals surface area (Å²) in [6.07, 6.45) is 3.26. The zero-order valence-electron chi connectivity index (χ0n) is 17.9. The van der Waals surface area contributed by atoms with Gasteiger partial charge < -0.3 is 10.3 Å². The van der Waals surface area contributed by atoms with Crippen LogP contribution < -0.4 is 10.2 Å². The molecule has 1 aliphatic heterocycles. The van der Waals surface area contributed by atoms with Crippen molar-refractivity contribution in [2.45, 2.75) is 0 Å². The molecule has 3 aromatic carbocycles. The third-order valence-electron chi connectivity index (χ3n) is 5.21. The molecular formula is C26H19FN4O2S. The van der Waals surface area contributed by atoms with Crippen LogP contribution in [0.2, 0.25) is 0 Å². The van der Waals surface area contributed by atoms with Crippen molar-refractivity contribution >= 4 is 57.1 Å². The molecule has 168 valence electrons. The number of benzene rings is 3. The van der Waals surface area contributed by atoms with Crippen molar-refractivity contribution in [2.75, 3.05) is 16.0 Å². The first-order valence-electron chi connectivity index (χ1n) is 10.5. The summed E-state index contributed by atoms with van der Waals surface area (Å²) in [5.74, 6) is -1.01. The molecule has 0 radical (unpaired) electrons. The fourth-order valence-electron chi connectivity index (χ4n) is 3.59. The van der Waals surface area contributed by atoms with Gasteiger partial charge in [0, 0.05) is 23.0 Å². The Hall–Kier alpha value is -4.17. The molecule has 0 unspecified atom stereocenters. The zero-order chi connectivity index (χ0) is 23.5. The standard InChI is InChI=1S/C26H19FN4O2S/c27-21-9-5-4-6-18(21)14-23-25(33)31(20-7-2-1-3-8-20)26(30-23)34-16-24(32)29-19-11-10-17-12-13-28-22(17)15-19/h1-15,28H,16H2,(H,29,32)/b23-14-. The number of thioether (sulfide) groups is 1. The van der Waals surface area contributed by atoms with E-state index in [4.69, 9.17) is 0 Å². The van der Waals surface area contributed by atoms with E-state index < -0.39 is 5.82 Å². The Kier molecular flexibility index (Phi) is 5.97. The van der Waals surface area contributed by atoms with Crippen molar-refractivity contribution in [1.29, 1.82) is 0 Å². The largest absolute Gasteiger partial charge is 0.361 e. The van der Waals surface area contributed by atoms with E-state index in [0.29, 0.717) is 16.5 Å². The number of hydrogen-bond acceptors (Lipinski definition) is 4. The molecule has 0 saturated carbocycles. The number of aliphatic imine (C=N–C) groups is 1. The molecule has 5 rings (SSSR count). The van der Waals surface area contributed by atoms with Crippen LogP contribution in [0.15, 0.2) is 95.7 Å². The highest BCUT2D eigenvalue weighted by molar-refractivity contribution is 8.14. The van der Waals surface area contributed by atoms with E-state index in [-0.39, 0.29) is 28.8 Å². The van der Waals surface area contributed by atoms with Crippen LogP contribution in [0.4, 0.5) is 15.8 Å². The van der Waals surface area contributed by atoms with Crippen molar-refractivity contribution in [3.8, 4) is 0 Å². The predicted molar refractivity (Wildman–Crippen MR) is 135 cm³/mol. The quantitative estimate of drug-likeness (QED) is 0.382. The maximum Gasteiger partial charge on any atom is 0.283 e. The summed E-state index contributed by atoms with van der Waals surface area (Å²) in [5, 5.41) is 4.28. The number of amidine groups is 1. The SMILES string of the molecule is O=C(CSC1=N/C(=C\c2ccccc2F)C(=O)N1c1ccccc1)Nc1ccc2cc[nH]c2c1. The number of nitrogens with zero attached hydrogens (tertiary/aromatic N) is 2. The summed E-state index contributed by atoms with van der Waals surface area (Å²) in [7, 11) is 0. The summed E-state index contributed by atoms with van der Waals surface area (Å²) < 4.78 is 14.1. The van der Waals surface area contributed by atoms with Gasteiger partial charge in [0.2, 0.25) is 5.91 Å². The minimum atomic E-state index is -0.441. The van der Waals surface area contributed by atoms with Gasteiger partial charge in [-0.15, -0.1) is 0 Å². The average molecular weight is 471 g/mol. The Morgan fingerprint density at radius 3 is 2.68 bits per heavy atom. The lowest BCUT2D eigenvalue weighted by Crippen LogP contribution is -2.31. The van der Waals surface area contributed by atoms with E-state index >= 15 is 0 Å². The van der Waals surface area contributed by atoms with Gasteiger partial charge in [0.15, 0.2) is 5.17 Å². The van der Waals surface area contributed by atoms with Crippen LogP contribution in [0, 0.1) is 5.82 Å². The van der Waals surface area contributed by atoms with Crippen LogP contribution in [0.5, 0.6) is 0 Å². The fourth-order valence-corrected chi connectivity index (χ4v) is 4.40. The molecular weight excluding hydrogens is 451 g/mol. The Bertz CT molecular complexity index is 1450. The lowest BCUT2D eigenvalue weighted by molar-refractivity contribution is -0.114. The number of para-hydroxylation sites is 1. The summed E-state index contributed by atoms with van der Waals surface area (Å²) >= 11 is 1.14. The normalized spacial score (nSPS) is 14.6. The highest BCUT2D eigenvalue weighted by Gasteiger charge is 2.32. The maximum absolute atomic E-state index is 14.1. The van der Waals surface area contributed by atoms with Gasteiger partial charge >= 0.3 is 0 Å². The molecule has 0 bridgehead atoms. The number of H-pyrrole nitrogens is 1. The van der Waals surface area contributed by atoms with Gasteiger partial charge in [-0.2, -0.15) is 0 Å². The Balaban J connectivity index is 1.37. The van der Waals surface area contributed by atoms with Crippen molar-refractivity contribution in [3.63, 3.8) is 0 Å². The van der Waals surface area contributed by atoms with Crippen molar-refractivity contribution in [3.05, 3.63) is 102 Å². The fraction of sp³-hybridized carbons (Fsp3) is 0.0385. The number of carbonyl (C=O) groups excluding carboxylic acids is 2. The van der Waals surface area contributed by atoms with Crippen LogP contribution in [0.1, 0.15) is 5.56 Å². The van der Waals surface area contributed by atoms with E-state index in [1.54, 1.807) is 30.3 Å². The number of nitrogens with one attached hydrogen (secondary N) is 2. The topological polar surface area (TPSA) is 77.6 Å². The minimum absolute atomic E-state index is 0.0468. The summed E-state index contributed by atoms with van der Waals surface area (Å²) in [6, 6.07) is 22.8. The molecule has 6 nitrogen and oxygen atoms in total. The van der Waals surface area contributed by atoms with Crippen LogP contribution in [-0.2, 0) is 9.59 Å². The van der Waals surface area contributed by atoms with E-state index in [1.165, 1.54) is 17.0 Å². The first-order valence-corrected chi connectivity index (χ1v) is 11.5. The molecule has 1 aromatic heterocycles. The predicted octanol–water partition coefficient (Wildman–Crippen LogP) is 5.42. The van der Waals surface area contributed by atoms with Crippen molar-refractivity contribution < 1.29 is 14.0 Å². The van der Waals surface area contributed by atoms with Crippen molar-refractivity contribution in [2.24, 2.45) is 4.99 Å². The van der Waals surface area contributed by atoms with E-state index in [9.17, 15) is 14.0 Å². The molecule has 4 aromatic rings. The number of halogens is 1. The highest BCUT2D eigenvalue weighted by Crippen LogP contribution is 2.29. The Morgan fingerprint density at radius 1 is 1.06 bits per heavy atom. The number of anilines is 2. The molecule has 34 heavy (non-hydrogen) atoms. The van der Waals surface area contributed by atoms with E-state index in [1.807, 2.05) is 48.7 Å². The molecule has 0 fully saturated rings. The van der Waals surface area contributed by atoms with Crippen LogP contribution >= 0.6 is 11.8 Å². The number of fused-ring (bicyclic) bond motifs is 1. The molecule has 0 saturated heterocycles. The molecule has 2 heterocycles. The second-order valence-electron chi connectivity index (χ2n) is 7.54. The van der Waals surface area contributed by atoms with Crippen LogP contribution in [0.3, 0.4) is 0 Å². The monoisotopic (exact) mass is 470 g/mol. The number of carbonyl (C=O) groups is 2. The Labute approximate surface area is 199 Å². The molecule has 0 atom stereocenters. The van der Waals surface area contributed by atoms with Gasteiger partial charge in [0.05, 0.1) is 11.4 Å². The minimum Gasteiger partial charge on any atom is -0.361 e. The zero-order valence-corrected chi connectivity index (χ0v) is 18.7. The van der Waals surface area contributed by atoms with Gasteiger partial charge in [0.1, 0.15) is 11.5 Å². The highest BCUT2D eigenvalue weighted by atomic mass is 32.2. The van der Waals surface area contributed by atoms with E-state index in [0.717, 1.165) is 22.7 Å². The smallest absolute Gasteiger partial charge is 0.283 e. The van der Waals surface area contributed by atoms with Gasteiger partial charge in [-0.25, -0.2) is 9.38 Å². The van der Waals surface area contributed by atoms with Crippen LogP contribution in [0.25, 0.3) is 17.0 Å². The number of aromatic amines is 1. The first-order chi connectivity index (χ1) is 16.6. The number of aromatic nitrogens is 1. The van der Waals surface area contributed by atoms with Gasteiger partial charge in [-0.3, -0.25) is 14.5 Å². The van der Waals surface area contributed by atoms with E-state index in [2.05, 4.69) is 15.3 Å². The lowest BCUT2D eigenvalue weighted by atomic mass is 10.1. The molecule has 0 aliphatic carbocycles. The third-order valence-corrected chi connectivity index (χ3v) is 6.15. The number of rotatable bonds is 5. The van der Waals surface area contributed by atoms with Crippen molar-refractivity contribution in [1.82, 2.24) is 4.98 Å². The molecule has 1 aliphatic rings. The van der Waals surface area contributed by atoms with Crippen LogP contribution in [-0.4, -0.2) is 27.7 Å². The molecule has 8 heteroatoms. The Morgan fingerprint density at radius 2 is 1.85 bits per heavy atom. The average Bonchev–Trinajstić information content (AvgIpc) is 3.43. The second kappa shape index (κ2) is 9.36.